The molecule has 3 atom stereocenters. The Balaban J connectivity index is 1.50. The monoisotopic (exact) mass is 241 g/mol. The predicted molar refractivity (Wildman–Crippen MR) is 74.1 cm³/mol. The highest BCUT2D eigenvalue weighted by atomic mass is 32.2. The largest absolute Gasteiger partial charge is 0.314 e. The number of thioether (sulfide) groups is 1. The van der Waals surface area contributed by atoms with Crippen molar-refractivity contribution in [2.24, 2.45) is 5.92 Å². The predicted octanol–water partition coefficient (Wildman–Crippen LogP) is 3.83. The summed E-state index contributed by atoms with van der Waals surface area (Å²) in [5.41, 5.74) is 0. The van der Waals surface area contributed by atoms with Crippen LogP contribution in [0.25, 0.3) is 0 Å². The fourth-order valence-corrected chi connectivity index (χ4v) is 4.58. The summed E-state index contributed by atoms with van der Waals surface area (Å²) in [4.78, 5) is 0. The number of rotatable bonds is 5. The van der Waals surface area contributed by atoms with E-state index in [4.69, 9.17) is 0 Å². The van der Waals surface area contributed by atoms with Crippen molar-refractivity contribution in [2.45, 2.75) is 69.6 Å². The van der Waals surface area contributed by atoms with Crippen molar-refractivity contribution in [3.05, 3.63) is 0 Å². The van der Waals surface area contributed by atoms with Gasteiger partial charge < -0.3 is 5.32 Å². The first kappa shape index (κ1) is 12.8. The van der Waals surface area contributed by atoms with E-state index >= 15 is 0 Å². The maximum Gasteiger partial charge on any atom is 0.00678 e. The van der Waals surface area contributed by atoms with Gasteiger partial charge in [0.2, 0.25) is 0 Å². The Morgan fingerprint density at radius 3 is 2.88 bits per heavy atom. The van der Waals surface area contributed by atoms with E-state index in [1.165, 1.54) is 63.7 Å². The van der Waals surface area contributed by atoms with Gasteiger partial charge in [-0.2, -0.15) is 11.8 Å². The quantitative estimate of drug-likeness (QED) is 0.734. The van der Waals surface area contributed by atoms with Crippen LogP contribution in [0, 0.1) is 5.92 Å². The lowest BCUT2D eigenvalue weighted by molar-refractivity contribution is 0.394. The molecule has 2 fully saturated rings. The summed E-state index contributed by atoms with van der Waals surface area (Å²) in [5, 5.41) is 4.58. The van der Waals surface area contributed by atoms with Gasteiger partial charge in [-0.3, -0.25) is 0 Å². The molecule has 1 aliphatic carbocycles. The molecule has 2 aliphatic rings. The molecule has 0 aromatic carbocycles. The van der Waals surface area contributed by atoms with E-state index in [0.29, 0.717) is 0 Å². The highest BCUT2D eigenvalue weighted by Gasteiger charge is 2.19. The van der Waals surface area contributed by atoms with Crippen LogP contribution in [0.2, 0.25) is 0 Å². The smallest absolute Gasteiger partial charge is 0.00678 e. The fourth-order valence-electron chi connectivity index (χ4n) is 3.11. The topological polar surface area (TPSA) is 12.0 Å². The van der Waals surface area contributed by atoms with Crippen LogP contribution in [0.3, 0.4) is 0 Å². The molecule has 0 amide bonds. The van der Waals surface area contributed by atoms with Gasteiger partial charge in [0.1, 0.15) is 0 Å². The standard InChI is InChI=1S/C14H27NS/c1-12-5-2-8-14(11-12)16-10-4-7-13-6-3-9-15-13/h12-15H,2-11H2,1H3. The van der Waals surface area contributed by atoms with Crippen LogP contribution in [0.15, 0.2) is 0 Å². The van der Waals surface area contributed by atoms with Gasteiger partial charge in [-0.25, -0.2) is 0 Å². The first-order valence-electron chi connectivity index (χ1n) is 7.19. The highest BCUT2D eigenvalue weighted by Crippen LogP contribution is 2.32. The Morgan fingerprint density at radius 2 is 2.12 bits per heavy atom. The van der Waals surface area contributed by atoms with Crippen molar-refractivity contribution < 1.29 is 0 Å². The van der Waals surface area contributed by atoms with Gasteiger partial charge in [0.25, 0.3) is 0 Å². The molecule has 1 saturated heterocycles. The summed E-state index contributed by atoms with van der Waals surface area (Å²) >= 11 is 2.26. The van der Waals surface area contributed by atoms with Crippen LogP contribution >= 0.6 is 11.8 Å². The van der Waals surface area contributed by atoms with E-state index in [9.17, 15) is 0 Å². The van der Waals surface area contributed by atoms with Crippen LogP contribution < -0.4 is 5.32 Å². The molecule has 0 aromatic rings. The molecular formula is C14H27NS. The van der Waals surface area contributed by atoms with Crippen LogP contribution in [-0.4, -0.2) is 23.6 Å². The maximum atomic E-state index is 3.59. The average Bonchev–Trinajstić information content (AvgIpc) is 2.77. The third-order valence-corrected chi connectivity index (χ3v) is 5.53. The minimum absolute atomic E-state index is 0.853. The second kappa shape index (κ2) is 6.90. The Kier molecular flexibility index (Phi) is 5.51. The van der Waals surface area contributed by atoms with E-state index < -0.39 is 0 Å². The number of hydrogen-bond acceptors (Lipinski definition) is 2. The summed E-state index contributed by atoms with van der Waals surface area (Å²) in [7, 11) is 0. The molecule has 94 valence electrons. The Bertz CT molecular complexity index is 189. The first-order chi connectivity index (χ1) is 7.84. The number of hydrogen-bond donors (Lipinski definition) is 1. The van der Waals surface area contributed by atoms with Gasteiger partial charge in [0.15, 0.2) is 0 Å². The van der Waals surface area contributed by atoms with Crippen molar-refractivity contribution in [1.29, 1.82) is 0 Å². The fraction of sp³-hybridized carbons (Fsp3) is 1.00. The van der Waals surface area contributed by atoms with Gasteiger partial charge in [-0.15, -0.1) is 0 Å². The van der Waals surface area contributed by atoms with E-state index in [-0.39, 0.29) is 0 Å². The van der Waals surface area contributed by atoms with Crippen LogP contribution in [0.5, 0.6) is 0 Å². The summed E-state index contributed by atoms with van der Waals surface area (Å²) < 4.78 is 0. The summed E-state index contributed by atoms with van der Waals surface area (Å²) in [6.07, 6.45) is 11.6. The van der Waals surface area contributed by atoms with E-state index in [0.717, 1.165) is 17.2 Å². The van der Waals surface area contributed by atoms with Gasteiger partial charge in [0, 0.05) is 11.3 Å². The molecule has 0 spiro atoms. The van der Waals surface area contributed by atoms with Gasteiger partial charge in [-0.05, 0) is 56.7 Å². The summed E-state index contributed by atoms with van der Waals surface area (Å²) in [6, 6.07) is 0.853. The molecule has 0 bridgehead atoms. The summed E-state index contributed by atoms with van der Waals surface area (Å²) in [6.45, 7) is 3.69. The normalized spacial score (nSPS) is 35.4. The van der Waals surface area contributed by atoms with Crippen molar-refractivity contribution in [2.75, 3.05) is 12.3 Å². The van der Waals surface area contributed by atoms with Crippen molar-refractivity contribution in [3.8, 4) is 0 Å². The lowest BCUT2D eigenvalue weighted by atomic mass is 9.91. The molecule has 1 aliphatic heterocycles. The lowest BCUT2D eigenvalue weighted by Gasteiger charge is -2.26. The molecule has 16 heavy (non-hydrogen) atoms. The Hall–Kier alpha value is 0.310. The maximum absolute atomic E-state index is 3.59. The molecule has 0 radical (unpaired) electrons. The zero-order valence-corrected chi connectivity index (χ0v) is 11.5. The first-order valence-corrected chi connectivity index (χ1v) is 8.24. The molecular weight excluding hydrogens is 214 g/mol. The Morgan fingerprint density at radius 1 is 1.19 bits per heavy atom. The van der Waals surface area contributed by atoms with Crippen molar-refractivity contribution in [3.63, 3.8) is 0 Å². The van der Waals surface area contributed by atoms with Gasteiger partial charge in [0.05, 0.1) is 0 Å². The van der Waals surface area contributed by atoms with E-state index in [1.54, 1.807) is 0 Å². The Labute approximate surface area is 105 Å². The van der Waals surface area contributed by atoms with Gasteiger partial charge in [-0.1, -0.05) is 19.8 Å². The molecule has 1 heterocycles. The minimum atomic E-state index is 0.853. The van der Waals surface area contributed by atoms with Crippen molar-refractivity contribution in [1.82, 2.24) is 5.32 Å². The molecule has 1 nitrogen and oxygen atoms in total. The minimum Gasteiger partial charge on any atom is -0.314 e. The van der Waals surface area contributed by atoms with E-state index in [1.807, 2.05) is 0 Å². The third-order valence-electron chi connectivity index (χ3n) is 4.10. The molecule has 1 N–H and O–H groups in total. The van der Waals surface area contributed by atoms with Crippen LogP contribution in [0.4, 0.5) is 0 Å². The molecule has 2 rings (SSSR count). The third kappa shape index (κ3) is 4.29. The van der Waals surface area contributed by atoms with Gasteiger partial charge >= 0.3 is 0 Å². The lowest BCUT2D eigenvalue weighted by Crippen LogP contribution is -2.21. The molecule has 3 unspecified atom stereocenters. The SMILES string of the molecule is CC1CCCC(SCCCC2CCCN2)C1. The second-order valence-corrected chi connectivity index (χ2v) is 7.11. The van der Waals surface area contributed by atoms with Crippen molar-refractivity contribution >= 4 is 11.8 Å². The van der Waals surface area contributed by atoms with Crippen LogP contribution in [0.1, 0.15) is 58.3 Å². The highest BCUT2D eigenvalue weighted by molar-refractivity contribution is 7.99. The van der Waals surface area contributed by atoms with Crippen LogP contribution in [-0.2, 0) is 0 Å². The zero-order chi connectivity index (χ0) is 11.2. The molecule has 2 heteroatoms. The number of nitrogens with one attached hydrogen (secondary N) is 1. The molecule has 1 saturated carbocycles. The average molecular weight is 241 g/mol. The second-order valence-electron chi connectivity index (χ2n) is 5.70. The molecule has 0 aromatic heterocycles. The zero-order valence-electron chi connectivity index (χ0n) is 10.7. The summed E-state index contributed by atoms with van der Waals surface area (Å²) in [5.74, 6) is 2.39. The van der Waals surface area contributed by atoms with E-state index in [2.05, 4.69) is 24.0 Å².